The van der Waals surface area contributed by atoms with Crippen molar-refractivity contribution in [2.75, 3.05) is 19.6 Å². The van der Waals surface area contributed by atoms with E-state index in [9.17, 15) is 9.59 Å². The molecule has 2 atom stereocenters. The average Bonchev–Trinajstić information content (AvgIpc) is 2.97. The third-order valence-corrected chi connectivity index (χ3v) is 3.61. The molecular weight excluding hydrogens is 258 g/mol. The Labute approximate surface area is 118 Å². The second-order valence-corrected chi connectivity index (χ2v) is 5.19. The summed E-state index contributed by atoms with van der Waals surface area (Å²) in [6.45, 7) is 7.22. The molecular formula is C13H21N5O2. The van der Waals surface area contributed by atoms with Gasteiger partial charge >= 0.3 is 6.03 Å². The van der Waals surface area contributed by atoms with E-state index in [2.05, 4.69) is 29.6 Å². The number of nitrogens with one attached hydrogen (secondary N) is 2. The molecule has 7 nitrogen and oxygen atoms in total. The van der Waals surface area contributed by atoms with Gasteiger partial charge in [0.1, 0.15) is 0 Å². The molecule has 1 aromatic rings. The predicted octanol–water partition coefficient (Wildman–Crippen LogP) is 0.282. The monoisotopic (exact) mass is 279 g/mol. The summed E-state index contributed by atoms with van der Waals surface area (Å²) in [6, 6.07) is 0.0853. The maximum Gasteiger partial charge on any atom is 0.324 e. The number of imide groups is 1. The first-order valence-corrected chi connectivity index (χ1v) is 6.81. The lowest BCUT2D eigenvalue weighted by atomic mass is 10.2. The van der Waals surface area contributed by atoms with Crippen molar-refractivity contribution in [2.24, 2.45) is 0 Å². The lowest BCUT2D eigenvalue weighted by Gasteiger charge is -2.23. The zero-order valence-electron chi connectivity index (χ0n) is 12.1. The molecule has 0 saturated carbocycles. The minimum Gasteiger partial charge on any atom is -0.329 e. The van der Waals surface area contributed by atoms with Gasteiger partial charge in [-0.15, -0.1) is 0 Å². The Hall–Kier alpha value is -1.89. The van der Waals surface area contributed by atoms with Gasteiger partial charge in [0.15, 0.2) is 0 Å². The lowest BCUT2D eigenvalue weighted by Crippen LogP contribution is -2.41. The fraction of sp³-hybridized carbons (Fsp3) is 0.615. The molecule has 0 unspecified atom stereocenters. The molecule has 2 N–H and O–H groups in total. The van der Waals surface area contributed by atoms with Gasteiger partial charge in [0.05, 0.1) is 18.8 Å². The van der Waals surface area contributed by atoms with E-state index in [0.717, 1.165) is 5.56 Å². The van der Waals surface area contributed by atoms with Gasteiger partial charge < -0.3 is 10.6 Å². The van der Waals surface area contributed by atoms with Gasteiger partial charge in [0.25, 0.3) is 0 Å². The van der Waals surface area contributed by atoms with Crippen LogP contribution in [0.1, 0.15) is 25.5 Å². The van der Waals surface area contributed by atoms with Crippen molar-refractivity contribution in [3.63, 3.8) is 0 Å². The minimum atomic E-state index is -0.305. The molecule has 2 heterocycles. The highest BCUT2D eigenvalue weighted by molar-refractivity contribution is 6.01. The molecule has 1 saturated heterocycles. The summed E-state index contributed by atoms with van der Waals surface area (Å²) in [4.78, 5) is 24.0. The molecule has 7 heteroatoms. The fourth-order valence-corrected chi connectivity index (χ4v) is 2.14. The molecule has 110 valence electrons. The molecule has 0 bridgehead atoms. The van der Waals surface area contributed by atoms with E-state index in [0.29, 0.717) is 13.1 Å². The van der Waals surface area contributed by atoms with Crippen molar-refractivity contribution in [1.29, 1.82) is 0 Å². The minimum absolute atomic E-state index is 0.108. The van der Waals surface area contributed by atoms with Crippen molar-refractivity contribution in [1.82, 2.24) is 25.3 Å². The van der Waals surface area contributed by atoms with Crippen molar-refractivity contribution in [3.8, 4) is 0 Å². The van der Waals surface area contributed by atoms with E-state index in [1.54, 1.807) is 0 Å². The number of carbonyl (C=O) groups is 2. The summed E-state index contributed by atoms with van der Waals surface area (Å²) in [5, 5.41) is 10.1. The second-order valence-electron chi connectivity index (χ2n) is 5.19. The van der Waals surface area contributed by atoms with Crippen molar-refractivity contribution in [2.45, 2.75) is 32.9 Å². The van der Waals surface area contributed by atoms with Gasteiger partial charge in [-0.25, -0.2) is 4.79 Å². The van der Waals surface area contributed by atoms with Gasteiger partial charge in [-0.1, -0.05) is 0 Å². The van der Waals surface area contributed by atoms with Crippen molar-refractivity contribution < 1.29 is 9.59 Å². The molecule has 0 aliphatic carbocycles. The zero-order valence-corrected chi connectivity index (χ0v) is 12.1. The molecule has 1 aliphatic rings. The quantitative estimate of drug-likeness (QED) is 0.733. The van der Waals surface area contributed by atoms with E-state index < -0.39 is 0 Å². The SMILES string of the molecule is Cc1cnn([C@H](C)[C@@H](C)NCCN2C(=O)CNC2=O)c1. The Bertz CT molecular complexity index is 483. The van der Waals surface area contributed by atoms with Gasteiger partial charge in [-0.3, -0.25) is 14.4 Å². The van der Waals surface area contributed by atoms with Crippen LogP contribution in [-0.4, -0.2) is 52.3 Å². The number of rotatable bonds is 6. The molecule has 1 aliphatic heterocycles. The number of urea groups is 1. The van der Waals surface area contributed by atoms with Gasteiger partial charge in [-0.05, 0) is 26.3 Å². The van der Waals surface area contributed by atoms with E-state index in [1.807, 2.05) is 24.0 Å². The smallest absolute Gasteiger partial charge is 0.324 e. The van der Waals surface area contributed by atoms with Crippen LogP contribution in [0.3, 0.4) is 0 Å². The van der Waals surface area contributed by atoms with Crippen molar-refractivity contribution in [3.05, 3.63) is 18.0 Å². The van der Waals surface area contributed by atoms with Crippen LogP contribution in [0, 0.1) is 6.92 Å². The number of aromatic nitrogens is 2. The second kappa shape index (κ2) is 6.04. The molecule has 1 fully saturated rings. The molecule has 0 radical (unpaired) electrons. The third kappa shape index (κ3) is 3.16. The van der Waals surface area contributed by atoms with Gasteiger partial charge in [0, 0.05) is 25.3 Å². The largest absolute Gasteiger partial charge is 0.329 e. The third-order valence-electron chi connectivity index (χ3n) is 3.61. The molecule has 0 spiro atoms. The molecule has 3 amide bonds. The van der Waals surface area contributed by atoms with Crippen LogP contribution in [0.4, 0.5) is 4.79 Å². The first-order chi connectivity index (χ1) is 9.49. The Morgan fingerprint density at radius 1 is 1.45 bits per heavy atom. The topological polar surface area (TPSA) is 79.3 Å². The molecule has 1 aromatic heterocycles. The van der Waals surface area contributed by atoms with Crippen LogP contribution in [-0.2, 0) is 4.79 Å². The van der Waals surface area contributed by atoms with Crippen LogP contribution in [0.25, 0.3) is 0 Å². The highest BCUT2D eigenvalue weighted by Crippen LogP contribution is 2.10. The summed E-state index contributed by atoms with van der Waals surface area (Å²) in [5.41, 5.74) is 1.13. The number of hydrogen-bond acceptors (Lipinski definition) is 4. The van der Waals surface area contributed by atoms with Crippen molar-refractivity contribution >= 4 is 11.9 Å². The maximum atomic E-state index is 11.4. The van der Waals surface area contributed by atoms with E-state index in [-0.39, 0.29) is 30.6 Å². The van der Waals surface area contributed by atoms with Gasteiger partial charge in [-0.2, -0.15) is 5.10 Å². The van der Waals surface area contributed by atoms with E-state index in [4.69, 9.17) is 0 Å². The van der Waals surface area contributed by atoms with Gasteiger partial charge in [0.2, 0.25) is 5.91 Å². The van der Waals surface area contributed by atoms with E-state index in [1.165, 1.54) is 4.90 Å². The van der Waals surface area contributed by atoms with Crippen LogP contribution >= 0.6 is 0 Å². The highest BCUT2D eigenvalue weighted by Gasteiger charge is 2.27. The summed E-state index contributed by atoms with van der Waals surface area (Å²) < 4.78 is 1.92. The number of hydrogen-bond donors (Lipinski definition) is 2. The molecule has 0 aromatic carbocycles. The lowest BCUT2D eigenvalue weighted by molar-refractivity contribution is -0.124. The normalized spacial score (nSPS) is 18.2. The Kier molecular flexibility index (Phi) is 4.39. The highest BCUT2D eigenvalue weighted by atomic mass is 16.2. The van der Waals surface area contributed by atoms with Crippen LogP contribution in [0.2, 0.25) is 0 Å². The summed E-state index contributed by atoms with van der Waals surface area (Å²) in [7, 11) is 0. The fourth-order valence-electron chi connectivity index (χ4n) is 2.14. The standard InChI is InChI=1S/C13H21N5O2/c1-9-6-16-18(8-9)11(3)10(2)14-4-5-17-12(19)7-15-13(17)20/h6,8,10-11,14H,4-5,7H2,1-3H3,(H,15,20)/t10-,11-/m1/s1. The Morgan fingerprint density at radius 3 is 2.75 bits per heavy atom. The molecule has 2 rings (SSSR count). The first-order valence-electron chi connectivity index (χ1n) is 6.81. The number of amides is 3. The number of aryl methyl sites for hydroxylation is 1. The summed E-state index contributed by atoms with van der Waals surface area (Å²) in [6.07, 6.45) is 3.83. The van der Waals surface area contributed by atoms with Crippen LogP contribution < -0.4 is 10.6 Å². The number of nitrogens with zero attached hydrogens (tertiary/aromatic N) is 3. The average molecular weight is 279 g/mol. The van der Waals surface area contributed by atoms with Crippen LogP contribution in [0.5, 0.6) is 0 Å². The zero-order chi connectivity index (χ0) is 14.7. The van der Waals surface area contributed by atoms with E-state index >= 15 is 0 Å². The van der Waals surface area contributed by atoms with Crippen LogP contribution in [0.15, 0.2) is 12.4 Å². The summed E-state index contributed by atoms with van der Waals surface area (Å²) >= 11 is 0. The maximum absolute atomic E-state index is 11.4. The molecule has 20 heavy (non-hydrogen) atoms. The first kappa shape index (κ1) is 14.5. The number of carbonyl (C=O) groups excluding carboxylic acids is 2. The Balaban J connectivity index is 1.79. The summed E-state index contributed by atoms with van der Waals surface area (Å²) in [5.74, 6) is -0.166. The Morgan fingerprint density at radius 2 is 2.20 bits per heavy atom. The predicted molar refractivity (Wildman–Crippen MR) is 74.3 cm³/mol.